The van der Waals surface area contributed by atoms with Gasteiger partial charge in [-0.05, 0) is 66.6 Å². The van der Waals surface area contributed by atoms with Gasteiger partial charge in [-0.2, -0.15) is 0 Å². The number of hydrogen-bond acceptors (Lipinski definition) is 4. The van der Waals surface area contributed by atoms with E-state index in [1.54, 1.807) is 7.11 Å². The van der Waals surface area contributed by atoms with E-state index in [2.05, 4.69) is 17.2 Å². The van der Waals surface area contributed by atoms with Crippen LogP contribution >= 0.6 is 0 Å². The predicted octanol–water partition coefficient (Wildman–Crippen LogP) is 5.98. The zero-order valence-corrected chi connectivity index (χ0v) is 15.7. The maximum atomic E-state index is 5.68. The lowest BCUT2D eigenvalue weighted by Gasteiger charge is -2.10. The minimum atomic E-state index is 0.674. The van der Waals surface area contributed by atoms with Crippen LogP contribution in [0, 0.1) is 0 Å². The van der Waals surface area contributed by atoms with Crippen LogP contribution in [0.25, 0.3) is 0 Å². The first-order chi connectivity index (χ1) is 13.3. The van der Waals surface area contributed by atoms with Gasteiger partial charge in [-0.3, -0.25) is 4.99 Å². The first-order valence-electron chi connectivity index (χ1n) is 9.05. The minimum absolute atomic E-state index is 0.674. The van der Waals surface area contributed by atoms with E-state index < -0.39 is 0 Å². The molecule has 1 N–H and O–H groups in total. The Labute approximate surface area is 160 Å². The quantitative estimate of drug-likeness (QED) is 0.503. The Balaban J connectivity index is 1.66. The zero-order chi connectivity index (χ0) is 18.9. The van der Waals surface area contributed by atoms with Crippen molar-refractivity contribution in [1.29, 1.82) is 0 Å². The number of hydrogen-bond donors (Lipinski definition) is 1. The molecule has 0 saturated carbocycles. The molecule has 0 unspecified atom stereocenters. The lowest BCUT2D eigenvalue weighted by atomic mass is 10.2. The smallest absolute Gasteiger partial charge is 0.161 e. The molecular formula is C23H24N2O2. The van der Waals surface area contributed by atoms with Crippen molar-refractivity contribution in [3.8, 4) is 11.5 Å². The van der Waals surface area contributed by atoms with Gasteiger partial charge < -0.3 is 14.8 Å². The van der Waals surface area contributed by atoms with Crippen LogP contribution in [0.1, 0.15) is 18.9 Å². The third-order valence-electron chi connectivity index (χ3n) is 3.94. The Morgan fingerprint density at radius 3 is 2.33 bits per heavy atom. The van der Waals surface area contributed by atoms with Crippen LogP contribution in [0.2, 0.25) is 0 Å². The Morgan fingerprint density at radius 1 is 0.889 bits per heavy atom. The second-order valence-corrected chi connectivity index (χ2v) is 6.05. The normalized spacial score (nSPS) is 10.7. The fourth-order valence-electron chi connectivity index (χ4n) is 2.56. The fraction of sp³-hybridized carbons (Fsp3) is 0.174. The van der Waals surface area contributed by atoms with Crippen LogP contribution in [0.15, 0.2) is 77.8 Å². The Hall–Kier alpha value is -3.27. The van der Waals surface area contributed by atoms with Crippen LogP contribution < -0.4 is 14.8 Å². The van der Waals surface area contributed by atoms with E-state index in [9.17, 15) is 0 Å². The summed E-state index contributed by atoms with van der Waals surface area (Å²) < 4.78 is 11.1. The summed E-state index contributed by atoms with van der Waals surface area (Å²) in [6.45, 7) is 2.75. The molecule has 0 aliphatic rings. The van der Waals surface area contributed by atoms with Gasteiger partial charge in [0, 0.05) is 17.6 Å². The summed E-state index contributed by atoms with van der Waals surface area (Å²) in [4.78, 5) is 4.54. The van der Waals surface area contributed by atoms with Crippen LogP contribution in [0.3, 0.4) is 0 Å². The van der Waals surface area contributed by atoms with E-state index in [0.29, 0.717) is 6.61 Å². The summed E-state index contributed by atoms with van der Waals surface area (Å²) in [5.74, 6) is 1.47. The van der Waals surface area contributed by atoms with Crippen molar-refractivity contribution < 1.29 is 9.47 Å². The number of para-hydroxylation sites is 1. The second kappa shape index (κ2) is 9.43. The van der Waals surface area contributed by atoms with Gasteiger partial charge in [-0.15, -0.1) is 0 Å². The molecule has 0 aliphatic heterocycles. The first kappa shape index (κ1) is 18.5. The highest BCUT2D eigenvalue weighted by Gasteiger charge is 2.04. The van der Waals surface area contributed by atoms with E-state index >= 15 is 0 Å². The van der Waals surface area contributed by atoms with Gasteiger partial charge in [0.25, 0.3) is 0 Å². The largest absolute Gasteiger partial charge is 0.493 e. The number of benzene rings is 3. The molecule has 4 heteroatoms. The summed E-state index contributed by atoms with van der Waals surface area (Å²) >= 11 is 0. The maximum absolute atomic E-state index is 5.68. The molecule has 0 spiro atoms. The van der Waals surface area contributed by atoms with Crippen molar-refractivity contribution in [3.05, 3.63) is 78.4 Å². The summed E-state index contributed by atoms with van der Waals surface area (Å²) in [6.07, 6.45) is 2.78. The Bertz CT molecular complexity index is 875. The summed E-state index contributed by atoms with van der Waals surface area (Å²) in [5, 5.41) is 3.36. The molecule has 27 heavy (non-hydrogen) atoms. The lowest BCUT2D eigenvalue weighted by Crippen LogP contribution is -1.98. The molecule has 3 aromatic carbocycles. The fourth-order valence-corrected chi connectivity index (χ4v) is 2.56. The summed E-state index contributed by atoms with van der Waals surface area (Å²) in [7, 11) is 1.65. The van der Waals surface area contributed by atoms with Gasteiger partial charge in [-0.25, -0.2) is 0 Å². The average Bonchev–Trinajstić information content (AvgIpc) is 2.72. The number of aliphatic imine (C=N–C) groups is 1. The average molecular weight is 360 g/mol. The van der Waals surface area contributed by atoms with Crippen molar-refractivity contribution in [1.82, 2.24) is 0 Å². The van der Waals surface area contributed by atoms with Crippen molar-refractivity contribution in [2.24, 2.45) is 4.99 Å². The third kappa shape index (κ3) is 5.35. The molecular weight excluding hydrogens is 336 g/mol. The van der Waals surface area contributed by atoms with Gasteiger partial charge in [0.2, 0.25) is 0 Å². The molecule has 0 amide bonds. The molecule has 0 aliphatic carbocycles. The molecule has 0 fully saturated rings. The highest BCUT2D eigenvalue weighted by molar-refractivity contribution is 5.83. The minimum Gasteiger partial charge on any atom is -0.493 e. The van der Waals surface area contributed by atoms with Crippen LogP contribution in [0.5, 0.6) is 11.5 Å². The number of ether oxygens (including phenoxy) is 2. The van der Waals surface area contributed by atoms with Crippen LogP contribution in [-0.4, -0.2) is 19.9 Å². The Kier molecular flexibility index (Phi) is 6.47. The first-order valence-corrected chi connectivity index (χ1v) is 9.05. The second-order valence-electron chi connectivity index (χ2n) is 6.05. The third-order valence-corrected chi connectivity index (χ3v) is 3.94. The van der Waals surface area contributed by atoms with E-state index in [-0.39, 0.29) is 0 Å². The number of rotatable bonds is 8. The van der Waals surface area contributed by atoms with Crippen molar-refractivity contribution in [3.63, 3.8) is 0 Å². The monoisotopic (exact) mass is 360 g/mol. The highest BCUT2D eigenvalue weighted by Crippen LogP contribution is 2.28. The van der Waals surface area contributed by atoms with Crippen molar-refractivity contribution in [2.75, 3.05) is 19.0 Å². The SMILES string of the molecule is CCCOc1ccc(C=Nc2ccc(Nc3ccccc3)cc2)cc1OC. The standard InChI is InChI=1S/C23H24N2O2/c1-3-15-27-22-14-9-18(16-23(22)26-2)17-24-19-10-12-21(13-11-19)25-20-7-5-4-6-8-20/h4-14,16-17,25H,3,15H2,1-2H3. The summed E-state index contributed by atoms with van der Waals surface area (Å²) in [5.41, 5.74) is 3.94. The van der Waals surface area contributed by atoms with E-state index in [1.807, 2.05) is 79.0 Å². The highest BCUT2D eigenvalue weighted by atomic mass is 16.5. The van der Waals surface area contributed by atoms with Crippen molar-refractivity contribution >= 4 is 23.3 Å². The topological polar surface area (TPSA) is 42.8 Å². The predicted molar refractivity (Wildman–Crippen MR) is 112 cm³/mol. The van der Waals surface area contributed by atoms with Gasteiger partial charge in [0.1, 0.15) is 0 Å². The van der Waals surface area contributed by atoms with Crippen molar-refractivity contribution in [2.45, 2.75) is 13.3 Å². The van der Waals surface area contributed by atoms with Gasteiger partial charge >= 0.3 is 0 Å². The lowest BCUT2D eigenvalue weighted by molar-refractivity contribution is 0.294. The molecule has 0 heterocycles. The van der Waals surface area contributed by atoms with Gasteiger partial charge in [0.15, 0.2) is 11.5 Å². The number of nitrogens with zero attached hydrogens (tertiary/aromatic N) is 1. The van der Waals surface area contributed by atoms with Gasteiger partial charge in [-0.1, -0.05) is 25.1 Å². The number of anilines is 2. The zero-order valence-electron chi connectivity index (χ0n) is 15.7. The number of nitrogens with one attached hydrogen (secondary N) is 1. The van der Waals surface area contributed by atoms with E-state index in [0.717, 1.165) is 40.5 Å². The maximum Gasteiger partial charge on any atom is 0.161 e. The molecule has 0 saturated heterocycles. The van der Waals surface area contributed by atoms with Crippen LogP contribution in [0.4, 0.5) is 17.1 Å². The van der Waals surface area contributed by atoms with E-state index in [4.69, 9.17) is 9.47 Å². The molecule has 0 radical (unpaired) electrons. The molecule has 0 bridgehead atoms. The van der Waals surface area contributed by atoms with E-state index in [1.165, 1.54) is 0 Å². The molecule has 138 valence electrons. The molecule has 0 atom stereocenters. The molecule has 3 rings (SSSR count). The molecule has 0 aromatic heterocycles. The van der Waals surface area contributed by atoms with Gasteiger partial charge in [0.05, 0.1) is 19.4 Å². The summed E-state index contributed by atoms with van der Waals surface area (Å²) in [6, 6.07) is 23.9. The number of methoxy groups -OCH3 is 1. The molecule has 3 aromatic rings. The molecule has 4 nitrogen and oxygen atoms in total. The Morgan fingerprint density at radius 2 is 1.63 bits per heavy atom. The van der Waals surface area contributed by atoms with Crippen LogP contribution in [-0.2, 0) is 0 Å².